The molecule has 0 saturated carbocycles. The number of benzene rings is 1. The number of nitrogens with one attached hydrogen (secondary N) is 3. The van der Waals surface area contributed by atoms with Crippen LogP contribution in [0.5, 0.6) is 0 Å². The number of H-pyrrole nitrogens is 2. The Morgan fingerprint density at radius 1 is 1.19 bits per heavy atom. The first-order valence-corrected chi connectivity index (χ1v) is 7.18. The molecule has 1 aromatic carbocycles. The van der Waals surface area contributed by atoms with Crippen LogP contribution >= 0.6 is 0 Å². The minimum absolute atomic E-state index is 0.101. The molecule has 0 bridgehead atoms. The molecule has 10 heteroatoms. The van der Waals surface area contributed by atoms with Crippen molar-refractivity contribution in [1.82, 2.24) is 14.7 Å². The summed E-state index contributed by atoms with van der Waals surface area (Å²) < 4.78 is 25.9. The van der Waals surface area contributed by atoms with Crippen molar-refractivity contribution in [1.29, 1.82) is 0 Å². The maximum absolute atomic E-state index is 12.0. The summed E-state index contributed by atoms with van der Waals surface area (Å²) in [6.07, 6.45) is 0. The van der Waals surface area contributed by atoms with Gasteiger partial charge in [-0.3, -0.25) is 9.59 Å². The van der Waals surface area contributed by atoms with Gasteiger partial charge in [0.05, 0.1) is 27.9 Å². The van der Waals surface area contributed by atoms with Crippen LogP contribution in [0.15, 0.2) is 32.7 Å². The van der Waals surface area contributed by atoms with Crippen molar-refractivity contribution in [2.24, 2.45) is 0 Å². The maximum Gasteiger partial charge on any atom is 0.314 e. The van der Waals surface area contributed by atoms with Crippen molar-refractivity contribution < 1.29 is 18.3 Å². The predicted octanol–water partition coefficient (Wildman–Crippen LogP) is -2.37. The van der Waals surface area contributed by atoms with E-state index in [9.17, 15) is 27.9 Å². The molecule has 2 rings (SSSR count). The lowest BCUT2D eigenvalue weighted by Crippen LogP contribution is -2.45. The molecule has 0 aliphatic carbocycles. The fraction of sp³-hybridized carbons (Fsp3) is 0.182. The summed E-state index contributed by atoms with van der Waals surface area (Å²) in [6.45, 7) is 1.12. The van der Waals surface area contributed by atoms with Crippen LogP contribution in [-0.4, -0.2) is 30.4 Å². The smallest absolute Gasteiger partial charge is 0.314 e. The lowest BCUT2D eigenvalue weighted by molar-refractivity contribution is -0.307. The molecule has 21 heavy (non-hydrogen) atoms. The van der Waals surface area contributed by atoms with Gasteiger partial charge in [0.25, 0.3) is 0 Å². The van der Waals surface area contributed by atoms with E-state index in [0.29, 0.717) is 0 Å². The van der Waals surface area contributed by atoms with Crippen molar-refractivity contribution >= 4 is 27.0 Å². The maximum atomic E-state index is 12.0. The number of carbonyl (C=O) groups excluding carboxylic acids is 1. The van der Waals surface area contributed by atoms with Crippen molar-refractivity contribution in [2.45, 2.75) is 17.9 Å². The summed E-state index contributed by atoms with van der Waals surface area (Å²) in [5.74, 6) is -1.57. The first-order chi connectivity index (χ1) is 9.70. The number of fused-ring (bicyclic) bond motifs is 1. The fourth-order valence-corrected chi connectivity index (χ4v) is 2.83. The van der Waals surface area contributed by atoms with E-state index in [1.807, 2.05) is 4.72 Å². The largest absolute Gasteiger partial charge is 0.548 e. The van der Waals surface area contributed by atoms with Crippen LogP contribution in [-0.2, 0) is 14.8 Å². The molecule has 0 aliphatic heterocycles. The molecule has 0 spiro atoms. The number of aromatic amines is 2. The minimum Gasteiger partial charge on any atom is -0.548 e. The standard InChI is InChI=1S/C11H11N3O6S/c1-5(11(17)18)14-21(19,20)6-2-3-7-8(4-6)13-10(16)9(15)12-7/h2-5,14H,1H3,(H,12,15)(H,13,16)(H,17,18)/p-1/t5-/m1/s1. The summed E-state index contributed by atoms with van der Waals surface area (Å²) in [4.78, 5) is 37.2. The van der Waals surface area contributed by atoms with Crippen LogP contribution in [0.4, 0.5) is 0 Å². The predicted molar refractivity (Wildman–Crippen MR) is 70.0 cm³/mol. The molecule has 0 saturated heterocycles. The van der Waals surface area contributed by atoms with E-state index < -0.39 is 33.2 Å². The Balaban J connectivity index is 2.52. The minimum atomic E-state index is -4.10. The Labute approximate surface area is 117 Å². The second-order valence-corrected chi connectivity index (χ2v) is 5.99. The lowest BCUT2D eigenvalue weighted by atomic mass is 10.3. The molecule has 3 N–H and O–H groups in total. The van der Waals surface area contributed by atoms with Crippen LogP contribution in [0.2, 0.25) is 0 Å². The number of sulfonamides is 1. The van der Waals surface area contributed by atoms with Crippen molar-refractivity contribution in [3.63, 3.8) is 0 Å². The van der Waals surface area contributed by atoms with Gasteiger partial charge in [-0.1, -0.05) is 0 Å². The van der Waals surface area contributed by atoms with E-state index in [4.69, 9.17) is 0 Å². The van der Waals surface area contributed by atoms with Crippen LogP contribution in [0.1, 0.15) is 6.92 Å². The van der Waals surface area contributed by atoms with Crippen molar-refractivity contribution in [2.75, 3.05) is 0 Å². The van der Waals surface area contributed by atoms with Gasteiger partial charge >= 0.3 is 11.1 Å². The van der Waals surface area contributed by atoms with Gasteiger partial charge in [0.15, 0.2) is 0 Å². The summed E-state index contributed by atoms with van der Waals surface area (Å²) in [5, 5.41) is 10.6. The molecular weight excluding hydrogens is 302 g/mol. The number of carboxylic acid groups (broad SMARTS) is 1. The highest BCUT2D eigenvalue weighted by molar-refractivity contribution is 7.89. The monoisotopic (exact) mass is 312 g/mol. The van der Waals surface area contributed by atoms with Crippen LogP contribution in [0.25, 0.3) is 11.0 Å². The first-order valence-electron chi connectivity index (χ1n) is 5.70. The Bertz CT molecular complexity index is 927. The number of aliphatic carboxylic acids is 1. The molecule has 2 aromatic rings. The van der Waals surface area contributed by atoms with Gasteiger partial charge in [-0.25, -0.2) is 13.1 Å². The Morgan fingerprint density at radius 3 is 2.33 bits per heavy atom. The highest BCUT2D eigenvalue weighted by Crippen LogP contribution is 2.14. The van der Waals surface area contributed by atoms with E-state index >= 15 is 0 Å². The number of carboxylic acids is 1. The van der Waals surface area contributed by atoms with Crippen LogP contribution in [0.3, 0.4) is 0 Å². The van der Waals surface area contributed by atoms with Crippen LogP contribution in [0, 0.1) is 0 Å². The molecule has 0 radical (unpaired) electrons. The summed E-state index contributed by atoms with van der Waals surface area (Å²) >= 11 is 0. The van der Waals surface area contributed by atoms with Gasteiger partial charge in [-0.2, -0.15) is 0 Å². The van der Waals surface area contributed by atoms with Gasteiger partial charge in [0, 0.05) is 0 Å². The molecule has 112 valence electrons. The Kier molecular flexibility index (Phi) is 3.66. The van der Waals surface area contributed by atoms with Crippen molar-refractivity contribution in [3.8, 4) is 0 Å². The van der Waals surface area contributed by atoms with E-state index in [1.165, 1.54) is 12.1 Å². The van der Waals surface area contributed by atoms with Gasteiger partial charge in [-0.15, -0.1) is 0 Å². The highest BCUT2D eigenvalue weighted by Gasteiger charge is 2.18. The van der Waals surface area contributed by atoms with E-state index in [0.717, 1.165) is 13.0 Å². The molecule has 0 unspecified atom stereocenters. The van der Waals surface area contributed by atoms with E-state index in [1.54, 1.807) is 0 Å². The lowest BCUT2D eigenvalue weighted by Gasteiger charge is -2.15. The highest BCUT2D eigenvalue weighted by atomic mass is 32.2. The van der Waals surface area contributed by atoms with Gasteiger partial charge in [-0.05, 0) is 25.1 Å². The quantitative estimate of drug-likeness (QED) is 0.537. The number of carbonyl (C=O) groups is 1. The third kappa shape index (κ3) is 3.01. The number of hydrogen-bond donors (Lipinski definition) is 3. The Morgan fingerprint density at radius 2 is 1.76 bits per heavy atom. The average molecular weight is 312 g/mol. The molecule has 9 nitrogen and oxygen atoms in total. The third-order valence-electron chi connectivity index (χ3n) is 2.69. The van der Waals surface area contributed by atoms with Gasteiger partial charge in [0.1, 0.15) is 0 Å². The van der Waals surface area contributed by atoms with E-state index in [2.05, 4.69) is 9.97 Å². The number of hydrogen-bond acceptors (Lipinski definition) is 6. The summed E-state index contributed by atoms with van der Waals surface area (Å²) in [7, 11) is -4.10. The molecule has 0 aliphatic rings. The number of rotatable bonds is 4. The molecule has 1 aromatic heterocycles. The van der Waals surface area contributed by atoms with E-state index in [-0.39, 0.29) is 15.9 Å². The first kappa shape index (κ1) is 14.9. The second kappa shape index (κ2) is 5.14. The molecule has 1 atom stereocenters. The summed E-state index contributed by atoms with van der Waals surface area (Å²) in [5.41, 5.74) is -1.44. The van der Waals surface area contributed by atoms with Gasteiger partial charge in [0.2, 0.25) is 10.0 Å². The van der Waals surface area contributed by atoms with Gasteiger partial charge < -0.3 is 19.9 Å². The topological polar surface area (TPSA) is 152 Å². The number of aromatic nitrogens is 2. The second-order valence-electron chi connectivity index (χ2n) is 4.28. The Hall–Kier alpha value is -2.46. The molecular formula is C11H10N3O6S-. The zero-order valence-corrected chi connectivity index (χ0v) is 11.5. The molecule has 1 heterocycles. The average Bonchev–Trinajstić information content (AvgIpc) is 2.38. The third-order valence-corrected chi connectivity index (χ3v) is 4.23. The van der Waals surface area contributed by atoms with Crippen molar-refractivity contribution in [3.05, 3.63) is 38.9 Å². The molecule has 0 fully saturated rings. The fourth-order valence-electron chi connectivity index (χ4n) is 1.61. The normalized spacial score (nSPS) is 13.2. The molecule has 0 amide bonds. The zero-order valence-electron chi connectivity index (χ0n) is 10.7. The van der Waals surface area contributed by atoms with Crippen LogP contribution < -0.4 is 20.9 Å². The zero-order chi connectivity index (χ0) is 15.8. The summed E-state index contributed by atoms with van der Waals surface area (Å²) in [6, 6.07) is 2.14. The SMILES string of the molecule is C[C@@H](NS(=O)(=O)c1ccc2[nH]c(=O)c(=O)[nH]c2c1)C(=O)[O-].